The monoisotopic (exact) mass is 449 g/mol. The van der Waals surface area contributed by atoms with Crippen molar-refractivity contribution in [3.8, 4) is 0 Å². The zero-order valence-corrected chi connectivity index (χ0v) is 20.0. The summed E-state index contributed by atoms with van der Waals surface area (Å²) >= 11 is 0. The third-order valence-corrected chi connectivity index (χ3v) is 8.02. The largest absolute Gasteiger partial charge is 0.255 e. The van der Waals surface area contributed by atoms with Crippen molar-refractivity contribution < 1.29 is 12.6 Å². The Kier molecular flexibility index (Phi) is 7.71. The molecule has 1 aromatic heterocycles. The number of aromatic nitrogens is 1. The van der Waals surface area contributed by atoms with Crippen molar-refractivity contribution >= 4 is 26.7 Å². The average molecular weight is 450 g/mol. The normalized spacial score (nSPS) is 15.6. The Bertz CT molecular complexity index is 991. The molecule has 0 amide bonds. The standard InChI is InChI=1S/C22H31N3O3S2/c1-21(2,3)29(26)24-20(18-14-10-11-15-23-18)16-19(17-12-8-7-9-13-17)25-30(27,28)22(4,5)6/h7-15,19,25H,16H2,1-6H3/b24-20-/t19-,29?/m0/s1. The van der Waals surface area contributed by atoms with Gasteiger partial charge in [-0.05, 0) is 59.2 Å². The Morgan fingerprint density at radius 2 is 1.63 bits per heavy atom. The van der Waals surface area contributed by atoms with Gasteiger partial charge >= 0.3 is 0 Å². The minimum absolute atomic E-state index is 0.220. The molecule has 1 heterocycles. The summed E-state index contributed by atoms with van der Waals surface area (Å²) in [6.07, 6.45) is 1.86. The second kappa shape index (κ2) is 9.49. The molecule has 0 saturated carbocycles. The van der Waals surface area contributed by atoms with Crippen molar-refractivity contribution in [3.63, 3.8) is 0 Å². The lowest BCUT2D eigenvalue weighted by molar-refractivity contribution is 0.527. The Morgan fingerprint density at radius 3 is 2.13 bits per heavy atom. The fourth-order valence-electron chi connectivity index (χ4n) is 2.43. The van der Waals surface area contributed by atoms with Crippen molar-refractivity contribution in [1.29, 1.82) is 0 Å². The van der Waals surface area contributed by atoms with Crippen LogP contribution in [0.1, 0.15) is 65.3 Å². The molecule has 0 fully saturated rings. The second-order valence-electron chi connectivity index (χ2n) is 9.02. The van der Waals surface area contributed by atoms with Gasteiger partial charge in [0.15, 0.2) is 0 Å². The molecular weight excluding hydrogens is 418 g/mol. The second-order valence-corrected chi connectivity index (χ2v) is 13.4. The summed E-state index contributed by atoms with van der Waals surface area (Å²) in [4.78, 5) is 4.36. The highest BCUT2D eigenvalue weighted by molar-refractivity contribution is 7.90. The van der Waals surface area contributed by atoms with Crippen LogP contribution in [-0.4, -0.2) is 32.8 Å². The summed E-state index contributed by atoms with van der Waals surface area (Å²) in [5.41, 5.74) is 1.87. The van der Waals surface area contributed by atoms with E-state index in [1.807, 2.05) is 57.2 Å². The zero-order chi connectivity index (χ0) is 22.6. The van der Waals surface area contributed by atoms with Crippen molar-refractivity contribution in [3.05, 3.63) is 66.0 Å². The zero-order valence-electron chi connectivity index (χ0n) is 18.4. The molecule has 2 atom stereocenters. The van der Waals surface area contributed by atoms with E-state index >= 15 is 0 Å². The van der Waals surface area contributed by atoms with Crippen LogP contribution in [0, 0.1) is 0 Å². The van der Waals surface area contributed by atoms with Crippen LogP contribution in [0.4, 0.5) is 0 Å². The van der Waals surface area contributed by atoms with Crippen LogP contribution in [0.5, 0.6) is 0 Å². The summed E-state index contributed by atoms with van der Waals surface area (Å²) in [5.74, 6) is 0. The summed E-state index contributed by atoms with van der Waals surface area (Å²) < 4.78 is 44.4. The number of pyridine rings is 1. The van der Waals surface area contributed by atoms with Crippen LogP contribution >= 0.6 is 0 Å². The van der Waals surface area contributed by atoms with Crippen molar-refractivity contribution in [2.24, 2.45) is 4.40 Å². The molecule has 2 aromatic rings. The number of benzene rings is 1. The minimum atomic E-state index is -3.63. The Morgan fingerprint density at radius 1 is 1.03 bits per heavy atom. The van der Waals surface area contributed by atoms with Crippen molar-refractivity contribution in [2.75, 3.05) is 0 Å². The third-order valence-electron chi connectivity index (χ3n) is 4.38. The highest BCUT2D eigenvalue weighted by atomic mass is 32.2. The maximum Gasteiger partial charge on any atom is 0.217 e. The molecule has 30 heavy (non-hydrogen) atoms. The van der Waals surface area contributed by atoms with E-state index in [4.69, 9.17) is 0 Å². The van der Waals surface area contributed by atoms with E-state index in [0.29, 0.717) is 11.4 Å². The number of rotatable bonds is 7. The van der Waals surface area contributed by atoms with E-state index in [-0.39, 0.29) is 6.42 Å². The lowest BCUT2D eigenvalue weighted by Gasteiger charge is -2.26. The van der Waals surface area contributed by atoms with Gasteiger partial charge in [0, 0.05) is 12.6 Å². The highest BCUT2D eigenvalue weighted by Crippen LogP contribution is 2.25. The first kappa shape index (κ1) is 24.4. The molecule has 6 nitrogen and oxygen atoms in total. The number of sulfonamides is 1. The predicted octanol–water partition coefficient (Wildman–Crippen LogP) is 4.18. The molecule has 2 rings (SSSR count). The minimum Gasteiger partial charge on any atom is -0.255 e. The van der Waals surface area contributed by atoms with Gasteiger partial charge in [-0.25, -0.2) is 17.3 Å². The van der Waals surface area contributed by atoms with E-state index < -0.39 is 36.5 Å². The van der Waals surface area contributed by atoms with E-state index in [1.54, 1.807) is 39.1 Å². The number of hydrogen-bond acceptors (Lipinski definition) is 4. The molecule has 0 saturated heterocycles. The molecule has 0 radical (unpaired) electrons. The van der Waals surface area contributed by atoms with Gasteiger partial charge in [-0.3, -0.25) is 4.98 Å². The maximum absolute atomic E-state index is 12.9. The lowest BCUT2D eigenvalue weighted by Crippen LogP contribution is -2.42. The van der Waals surface area contributed by atoms with Gasteiger partial charge in [0.1, 0.15) is 11.0 Å². The van der Waals surface area contributed by atoms with Gasteiger partial charge in [-0.1, -0.05) is 36.4 Å². The van der Waals surface area contributed by atoms with Crippen LogP contribution in [0.2, 0.25) is 0 Å². The number of hydrogen-bond donors (Lipinski definition) is 1. The van der Waals surface area contributed by atoms with Gasteiger partial charge in [0.25, 0.3) is 0 Å². The van der Waals surface area contributed by atoms with Gasteiger partial charge in [-0.15, -0.1) is 0 Å². The van der Waals surface area contributed by atoms with Crippen LogP contribution in [0.15, 0.2) is 59.1 Å². The van der Waals surface area contributed by atoms with Crippen LogP contribution < -0.4 is 4.72 Å². The molecule has 8 heteroatoms. The van der Waals surface area contributed by atoms with E-state index in [2.05, 4.69) is 14.1 Å². The van der Waals surface area contributed by atoms with E-state index in [9.17, 15) is 12.6 Å². The quantitative estimate of drug-likeness (QED) is 0.642. The molecule has 0 bridgehead atoms. The molecule has 1 unspecified atom stereocenters. The average Bonchev–Trinajstić information content (AvgIpc) is 2.66. The van der Waals surface area contributed by atoms with E-state index in [1.165, 1.54) is 0 Å². The molecule has 164 valence electrons. The Hall–Kier alpha value is -1.90. The number of nitrogens with zero attached hydrogens (tertiary/aromatic N) is 2. The molecule has 1 aromatic carbocycles. The van der Waals surface area contributed by atoms with Crippen LogP contribution in [-0.2, 0) is 21.0 Å². The van der Waals surface area contributed by atoms with E-state index in [0.717, 1.165) is 5.56 Å². The molecule has 1 N–H and O–H groups in total. The first-order valence-corrected chi connectivity index (χ1v) is 12.4. The molecule has 0 spiro atoms. The predicted molar refractivity (Wildman–Crippen MR) is 124 cm³/mol. The fourth-order valence-corrected chi connectivity index (χ4v) is 4.02. The Balaban J connectivity index is 2.53. The highest BCUT2D eigenvalue weighted by Gasteiger charge is 2.33. The van der Waals surface area contributed by atoms with Crippen LogP contribution in [0.3, 0.4) is 0 Å². The maximum atomic E-state index is 12.9. The summed E-state index contributed by atoms with van der Waals surface area (Å²) in [6.45, 7) is 10.5. The van der Waals surface area contributed by atoms with Gasteiger partial charge in [-0.2, -0.15) is 4.40 Å². The SMILES string of the molecule is CC(C)(C)S(=O)/N=C(/C[C@H](NS(=O)(=O)C(C)(C)C)c1ccccc1)c1ccccn1. The molecule has 0 aliphatic carbocycles. The van der Waals surface area contributed by atoms with Crippen molar-refractivity contribution in [1.82, 2.24) is 9.71 Å². The lowest BCUT2D eigenvalue weighted by atomic mass is 10.0. The first-order chi connectivity index (χ1) is 13.8. The third kappa shape index (κ3) is 6.55. The number of nitrogens with one attached hydrogen (secondary N) is 1. The smallest absolute Gasteiger partial charge is 0.217 e. The molecule has 0 aliphatic heterocycles. The summed E-state index contributed by atoms with van der Waals surface area (Å²) in [6, 6.07) is 14.2. The fraction of sp³-hybridized carbons (Fsp3) is 0.455. The van der Waals surface area contributed by atoms with Crippen LogP contribution in [0.25, 0.3) is 0 Å². The molecule has 0 aliphatic rings. The molecular formula is C22H31N3O3S2. The van der Waals surface area contributed by atoms with Gasteiger partial charge in [0.05, 0.1) is 26.9 Å². The Labute approximate surface area is 182 Å². The van der Waals surface area contributed by atoms with Gasteiger partial charge in [0.2, 0.25) is 10.0 Å². The topological polar surface area (TPSA) is 88.5 Å². The summed E-state index contributed by atoms with van der Waals surface area (Å²) in [5, 5.41) is 0. The first-order valence-electron chi connectivity index (χ1n) is 9.79. The van der Waals surface area contributed by atoms with Gasteiger partial charge < -0.3 is 0 Å². The van der Waals surface area contributed by atoms with Crippen molar-refractivity contribution in [2.45, 2.75) is 63.5 Å². The summed E-state index contributed by atoms with van der Waals surface area (Å²) in [7, 11) is -5.14.